The Hall–Kier alpha value is -4.54. The summed E-state index contributed by atoms with van der Waals surface area (Å²) in [6, 6.07) is 30.2. The fourth-order valence-corrected chi connectivity index (χ4v) is 5.54. The van der Waals surface area contributed by atoms with Crippen LogP contribution in [0.5, 0.6) is 5.75 Å². The maximum atomic E-state index is 14.1. The Bertz CT molecular complexity index is 1630. The number of carbonyl (C=O) groups excluding carboxylic acids is 2. The van der Waals surface area contributed by atoms with Gasteiger partial charge in [-0.15, -0.1) is 0 Å². The lowest BCUT2D eigenvalue weighted by atomic mass is 10.0. The van der Waals surface area contributed by atoms with Crippen molar-refractivity contribution in [1.29, 1.82) is 0 Å². The maximum absolute atomic E-state index is 14.1. The van der Waals surface area contributed by atoms with E-state index in [0.717, 1.165) is 21.7 Å². The highest BCUT2D eigenvalue weighted by Crippen LogP contribution is 2.20. The molecule has 1 unspecified atom stereocenters. The monoisotopic (exact) mass is 617 g/mol. The van der Waals surface area contributed by atoms with Gasteiger partial charge in [0.25, 0.3) is 0 Å². The maximum Gasteiger partial charge on any atom is 0.243 e. The minimum absolute atomic E-state index is 0.0147. The summed E-state index contributed by atoms with van der Waals surface area (Å²) in [7, 11) is -2.26. The lowest BCUT2D eigenvalue weighted by Gasteiger charge is -2.33. The molecule has 0 bridgehead atoms. The molecule has 0 saturated heterocycles. The third-order valence-electron chi connectivity index (χ3n) is 7.17. The largest absolute Gasteiger partial charge is 0.496 e. The van der Waals surface area contributed by atoms with E-state index in [9.17, 15) is 22.4 Å². The number of hydrogen-bond donors (Lipinski definition) is 1. The molecule has 0 aliphatic carbocycles. The zero-order chi connectivity index (χ0) is 31.5. The van der Waals surface area contributed by atoms with Crippen LogP contribution in [0.1, 0.15) is 22.3 Å². The van der Waals surface area contributed by atoms with Crippen LogP contribution in [0.3, 0.4) is 0 Å². The average molecular weight is 618 g/mol. The van der Waals surface area contributed by atoms with Crippen molar-refractivity contribution >= 4 is 21.8 Å². The molecule has 4 aromatic rings. The number of carbonyl (C=O) groups is 2. The number of sulfonamides is 1. The van der Waals surface area contributed by atoms with Gasteiger partial charge in [-0.3, -0.25) is 9.59 Å². The zero-order valence-corrected chi connectivity index (χ0v) is 25.5. The highest BCUT2D eigenvalue weighted by molar-refractivity contribution is 7.88. The molecule has 0 saturated carbocycles. The lowest BCUT2D eigenvalue weighted by molar-refractivity contribution is -0.141. The van der Waals surface area contributed by atoms with Crippen molar-refractivity contribution in [2.45, 2.75) is 32.1 Å². The molecule has 8 nitrogen and oxygen atoms in total. The van der Waals surface area contributed by atoms with Crippen LogP contribution in [-0.4, -0.2) is 55.4 Å². The summed E-state index contributed by atoms with van der Waals surface area (Å²) in [5.74, 6) is -0.822. The molecule has 4 rings (SSSR count). The number of ether oxygens (including phenoxy) is 1. The molecular formula is C34H36FN3O5S. The van der Waals surface area contributed by atoms with Gasteiger partial charge in [0.05, 0.1) is 19.9 Å². The highest BCUT2D eigenvalue weighted by atomic mass is 32.2. The Labute approximate surface area is 258 Å². The van der Waals surface area contributed by atoms with Gasteiger partial charge in [0.2, 0.25) is 21.8 Å². The molecule has 0 spiro atoms. The summed E-state index contributed by atoms with van der Waals surface area (Å²) in [6.07, 6.45) is 1.22. The molecule has 0 aliphatic rings. The van der Waals surface area contributed by atoms with Gasteiger partial charge in [0.15, 0.2) is 0 Å². The number of nitrogens with zero attached hydrogens (tertiary/aromatic N) is 2. The third kappa shape index (κ3) is 9.23. The first-order valence-corrected chi connectivity index (χ1v) is 16.0. The van der Waals surface area contributed by atoms with Crippen molar-refractivity contribution in [2.24, 2.45) is 0 Å². The Morgan fingerprint density at radius 3 is 1.98 bits per heavy atom. The van der Waals surface area contributed by atoms with Crippen LogP contribution in [0, 0.1) is 5.82 Å². The second-order valence-corrected chi connectivity index (χ2v) is 12.4. The molecule has 0 aromatic heterocycles. The van der Waals surface area contributed by atoms with Crippen LogP contribution in [0.2, 0.25) is 0 Å². The molecular weight excluding hydrogens is 581 g/mol. The van der Waals surface area contributed by atoms with E-state index in [0.29, 0.717) is 16.9 Å². The summed E-state index contributed by atoms with van der Waals surface area (Å²) in [4.78, 5) is 29.4. The molecule has 0 aliphatic heterocycles. The lowest BCUT2D eigenvalue weighted by Crippen LogP contribution is -2.53. The molecule has 0 heterocycles. The van der Waals surface area contributed by atoms with Gasteiger partial charge in [-0.2, -0.15) is 4.31 Å². The van der Waals surface area contributed by atoms with E-state index in [4.69, 9.17) is 4.74 Å². The average Bonchev–Trinajstić information content (AvgIpc) is 3.02. The topological polar surface area (TPSA) is 96.0 Å². The molecule has 44 heavy (non-hydrogen) atoms. The molecule has 1 atom stereocenters. The molecule has 4 aromatic carbocycles. The number of methoxy groups -OCH3 is 1. The first-order chi connectivity index (χ1) is 21.1. The van der Waals surface area contributed by atoms with Crippen molar-refractivity contribution in [2.75, 3.05) is 19.9 Å². The molecule has 0 fully saturated rings. The molecule has 230 valence electrons. The van der Waals surface area contributed by atoms with E-state index in [-0.39, 0.29) is 26.1 Å². The number of rotatable bonds is 14. The van der Waals surface area contributed by atoms with E-state index in [2.05, 4.69) is 5.32 Å². The minimum Gasteiger partial charge on any atom is -0.496 e. The second kappa shape index (κ2) is 15.3. The van der Waals surface area contributed by atoms with Crippen molar-refractivity contribution in [3.63, 3.8) is 0 Å². The number of nitrogens with one attached hydrogen (secondary N) is 1. The van der Waals surface area contributed by atoms with Gasteiger partial charge in [0.1, 0.15) is 17.6 Å². The van der Waals surface area contributed by atoms with E-state index in [1.165, 1.54) is 17.0 Å². The number of amides is 2. The fraction of sp³-hybridized carbons (Fsp3) is 0.235. The molecule has 0 radical (unpaired) electrons. The Morgan fingerprint density at radius 1 is 0.795 bits per heavy atom. The summed E-state index contributed by atoms with van der Waals surface area (Å²) in [5.41, 5.74) is 2.87. The SMILES string of the molecule is COc1ccccc1CNC(=O)C(Cc1ccccc1)N(Cc1ccc(F)cc1)C(=O)CN(Cc1ccccc1)S(C)(=O)=O. The van der Waals surface area contributed by atoms with E-state index in [1.54, 1.807) is 49.6 Å². The predicted octanol–water partition coefficient (Wildman–Crippen LogP) is 4.55. The summed E-state index contributed by atoms with van der Waals surface area (Å²) < 4.78 is 45.9. The Balaban J connectivity index is 1.69. The summed E-state index contributed by atoms with van der Waals surface area (Å²) in [6.45, 7) is -0.392. The fourth-order valence-electron chi connectivity index (χ4n) is 4.81. The normalized spacial score (nSPS) is 12.0. The van der Waals surface area contributed by atoms with Gasteiger partial charge in [0, 0.05) is 31.6 Å². The second-order valence-electron chi connectivity index (χ2n) is 10.4. The smallest absolute Gasteiger partial charge is 0.243 e. The van der Waals surface area contributed by atoms with Crippen molar-refractivity contribution in [3.8, 4) is 5.75 Å². The third-order valence-corrected chi connectivity index (χ3v) is 8.36. The number of para-hydroxylation sites is 1. The van der Waals surface area contributed by atoms with Crippen LogP contribution in [-0.2, 0) is 45.7 Å². The summed E-state index contributed by atoms with van der Waals surface area (Å²) >= 11 is 0. The first kappa shape index (κ1) is 32.4. The predicted molar refractivity (Wildman–Crippen MR) is 167 cm³/mol. The van der Waals surface area contributed by atoms with Crippen molar-refractivity contribution in [3.05, 3.63) is 137 Å². The van der Waals surface area contributed by atoms with E-state index < -0.39 is 40.2 Å². The number of hydrogen-bond acceptors (Lipinski definition) is 5. The first-order valence-electron chi connectivity index (χ1n) is 14.1. The number of halogens is 1. The summed E-state index contributed by atoms with van der Waals surface area (Å²) in [5, 5.41) is 2.94. The van der Waals surface area contributed by atoms with Gasteiger partial charge >= 0.3 is 0 Å². The molecule has 1 N–H and O–H groups in total. The van der Waals surface area contributed by atoms with Gasteiger partial charge in [-0.05, 0) is 34.9 Å². The van der Waals surface area contributed by atoms with Crippen LogP contribution in [0.4, 0.5) is 4.39 Å². The highest BCUT2D eigenvalue weighted by Gasteiger charge is 2.33. The van der Waals surface area contributed by atoms with Crippen LogP contribution in [0.25, 0.3) is 0 Å². The van der Waals surface area contributed by atoms with Crippen molar-refractivity contribution < 1.29 is 27.1 Å². The Morgan fingerprint density at radius 2 is 1.36 bits per heavy atom. The van der Waals surface area contributed by atoms with Gasteiger partial charge in [-0.1, -0.05) is 91.0 Å². The molecule has 10 heteroatoms. The van der Waals surface area contributed by atoms with Gasteiger partial charge < -0.3 is 15.0 Å². The van der Waals surface area contributed by atoms with Crippen LogP contribution < -0.4 is 10.1 Å². The number of benzene rings is 4. The zero-order valence-electron chi connectivity index (χ0n) is 24.7. The minimum atomic E-state index is -3.81. The molecule has 2 amide bonds. The van der Waals surface area contributed by atoms with Crippen molar-refractivity contribution in [1.82, 2.24) is 14.5 Å². The van der Waals surface area contributed by atoms with Crippen LogP contribution >= 0.6 is 0 Å². The Kier molecular flexibility index (Phi) is 11.2. The quantitative estimate of drug-likeness (QED) is 0.224. The van der Waals surface area contributed by atoms with E-state index >= 15 is 0 Å². The standard InChI is InChI=1S/C34H36FN3O5S/c1-43-32-16-10-9-15-29(32)22-36-34(40)31(21-26-11-5-3-6-12-26)38(24-28-17-19-30(35)20-18-28)33(39)25-37(44(2,41)42)23-27-13-7-4-8-14-27/h3-20,31H,21-25H2,1-2H3,(H,36,40). The van der Waals surface area contributed by atoms with Crippen LogP contribution in [0.15, 0.2) is 109 Å². The van der Waals surface area contributed by atoms with E-state index in [1.807, 2.05) is 54.6 Å². The van der Waals surface area contributed by atoms with Gasteiger partial charge in [-0.25, -0.2) is 12.8 Å².